The Bertz CT molecular complexity index is 1080. The Balaban J connectivity index is 2.20. The van der Waals surface area contributed by atoms with Gasteiger partial charge in [-0.3, -0.25) is 0 Å². The minimum Gasteiger partial charge on any atom is -0.493 e. The van der Waals surface area contributed by atoms with E-state index >= 15 is 0 Å². The first-order valence-corrected chi connectivity index (χ1v) is 8.02. The Morgan fingerprint density at radius 2 is 1.59 bits per heavy atom. The van der Waals surface area contributed by atoms with Crippen LogP contribution in [0.4, 0.5) is 0 Å². The fourth-order valence-corrected chi connectivity index (χ4v) is 3.53. The molecule has 4 rings (SSSR count). The van der Waals surface area contributed by atoms with Crippen LogP contribution in [0.2, 0.25) is 0 Å². The molecule has 0 spiro atoms. The summed E-state index contributed by atoms with van der Waals surface area (Å²) in [5, 5.41) is 8.06. The summed E-state index contributed by atoms with van der Waals surface area (Å²) >= 11 is 0. The maximum absolute atomic E-state index is 6.08. The van der Waals surface area contributed by atoms with Crippen LogP contribution in [-0.4, -0.2) is 6.61 Å². The number of fused-ring (bicyclic) bond motifs is 4. The number of ether oxygens (including phenoxy) is 1. The predicted octanol–water partition coefficient (Wildman–Crippen LogP) is 5.13. The molecule has 0 atom stereocenters. The SMILES string of the molecule is CCCOc1c(C)ccc2c1=c1c=2cc(C)c2ccccc12. The van der Waals surface area contributed by atoms with Crippen molar-refractivity contribution in [1.29, 1.82) is 0 Å². The summed E-state index contributed by atoms with van der Waals surface area (Å²) in [5.74, 6) is 1.07. The molecular weight excluding hydrogens is 268 g/mol. The van der Waals surface area contributed by atoms with Gasteiger partial charge in [-0.2, -0.15) is 0 Å². The molecule has 0 N–H and O–H groups in total. The van der Waals surface area contributed by atoms with Crippen LogP contribution in [0.15, 0.2) is 42.5 Å². The van der Waals surface area contributed by atoms with Crippen LogP contribution in [0.5, 0.6) is 5.75 Å². The average Bonchev–Trinajstić information content (AvgIpc) is 2.52. The van der Waals surface area contributed by atoms with Gasteiger partial charge in [-0.05, 0) is 52.6 Å². The highest BCUT2D eigenvalue weighted by Crippen LogP contribution is 2.31. The summed E-state index contributed by atoms with van der Waals surface area (Å²) in [6, 6.07) is 15.4. The first kappa shape index (κ1) is 13.4. The van der Waals surface area contributed by atoms with E-state index in [0.29, 0.717) is 0 Å². The van der Waals surface area contributed by atoms with Crippen molar-refractivity contribution in [2.75, 3.05) is 6.61 Å². The zero-order valence-electron chi connectivity index (χ0n) is 13.4. The maximum Gasteiger partial charge on any atom is 0.130 e. The third-order valence-corrected chi connectivity index (χ3v) is 4.60. The summed E-state index contributed by atoms with van der Waals surface area (Å²) in [7, 11) is 0. The van der Waals surface area contributed by atoms with Crippen molar-refractivity contribution in [2.45, 2.75) is 27.2 Å². The van der Waals surface area contributed by atoms with Gasteiger partial charge in [-0.15, -0.1) is 0 Å². The van der Waals surface area contributed by atoms with Crippen molar-refractivity contribution in [3.05, 3.63) is 74.5 Å². The molecule has 0 amide bonds. The van der Waals surface area contributed by atoms with E-state index in [4.69, 9.17) is 4.74 Å². The van der Waals surface area contributed by atoms with E-state index in [2.05, 4.69) is 63.2 Å². The summed E-state index contributed by atoms with van der Waals surface area (Å²) < 4.78 is 6.08. The standard InChI is InChI=1S/C21H20O/c1-4-11-22-21-13(2)9-10-17-18-12-14(3)15-7-5-6-8-16(15)19(18)20(17)21/h5-10,12H,4,11H2,1-3H3. The van der Waals surface area contributed by atoms with Crippen molar-refractivity contribution in [3.63, 3.8) is 0 Å². The van der Waals surface area contributed by atoms with E-state index in [1.165, 1.54) is 42.8 Å². The molecule has 0 saturated carbocycles. The van der Waals surface area contributed by atoms with Gasteiger partial charge in [0.2, 0.25) is 0 Å². The summed E-state index contributed by atoms with van der Waals surface area (Å²) in [4.78, 5) is 0. The third kappa shape index (κ3) is 1.72. The third-order valence-electron chi connectivity index (χ3n) is 4.60. The summed E-state index contributed by atoms with van der Waals surface area (Å²) in [6.45, 7) is 7.26. The van der Waals surface area contributed by atoms with Crippen LogP contribution in [-0.2, 0) is 0 Å². The number of hydrogen-bond acceptors (Lipinski definition) is 1. The number of aryl methyl sites for hydroxylation is 2. The van der Waals surface area contributed by atoms with Gasteiger partial charge in [-0.1, -0.05) is 49.4 Å². The molecule has 0 heterocycles. The quantitative estimate of drug-likeness (QED) is 0.507. The van der Waals surface area contributed by atoms with E-state index in [1.54, 1.807) is 0 Å². The Morgan fingerprint density at radius 3 is 2.36 bits per heavy atom. The maximum atomic E-state index is 6.08. The van der Waals surface area contributed by atoms with Crippen molar-refractivity contribution >= 4 is 10.8 Å². The zero-order valence-corrected chi connectivity index (χ0v) is 13.4. The highest BCUT2D eigenvalue weighted by atomic mass is 16.5. The van der Waals surface area contributed by atoms with E-state index in [9.17, 15) is 0 Å². The molecule has 0 fully saturated rings. The highest BCUT2D eigenvalue weighted by Gasteiger charge is 2.14. The second-order valence-corrected chi connectivity index (χ2v) is 6.14. The second kappa shape index (κ2) is 4.88. The molecule has 3 aromatic carbocycles. The van der Waals surface area contributed by atoms with E-state index in [-0.39, 0.29) is 0 Å². The van der Waals surface area contributed by atoms with E-state index in [1.807, 2.05) is 0 Å². The predicted molar refractivity (Wildman–Crippen MR) is 91.0 cm³/mol. The van der Waals surface area contributed by atoms with Crippen LogP contribution in [0.25, 0.3) is 10.8 Å². The molecule has 0 aromatic heterocycles. The Labute approximate surface area is 130 Å². The molecule has 1 aliphatic carbocycles. The number of rotatable bonds is 3. The molecule has 1 heteroatoms. The van der Waals surface area contributed by atoms with Crippen LogP contribution in [0.3, 0.4) is 0 Å². The van der Waals surface area contributed by atoms with Crippen molar-refractivity contribution in [2.24, 2.45) is 0 Å². The normalized spacial score (nSPS) is 11.8. The van der Waals surface area contributed by atoms with E-state index < -0.39 is 0 Å². The monoisotopic (exact) mass is 288 g/mol. The molecule has 110 valence electrons. The summed E-state index contributed by atoms with van der Waals surface area (Å²) in [6.07, 6.45) is 1.03. The molecule has 3 aromatic rings. The number of benzene rings is 3. The minimum atomic E-state index is 0.774. The fourth-order valence-electron chi connectivity index (χ4n) is 3.53. The lowest BCUT2D eigenvalue weighted by atomic mass is 9.92. The molecule has 0 unspecified atom stereocenters. The van der Waals surface area contributed by atoms with Gasteiger partial charge in [0.25, 0.3) is 0 Å². The van der Waals surface area contributed by atoms with Gasteiger partial charge >= 0.3 is 0 Å². The van der Waals surface area contributed by atoms with Crippen LogP contribution in [0.1, 0.15) is 24.5 Å². The first-order valence-electron chi connectivity index (χ1n) is 8.02. The molecule has 0 aliphatic heterocycles. The molecule has 22 heavy (non-hydrogen) atoms. The lowest BCUT2D eigenvalue weighted by molar-refractivity contribution is 0.312. The van der Waals surface area contributed by atoms with Crippen LogP contribution >= 0.6 is 0 Å². The van der Waals surface area contributed by atoms with Gasteiger partial charge in [0, 0.05) is 10.4 Å². The zero-order chi connectivity index (χ0) is 15.3. The van der Waals surface area contributed by atoms with E-state index in [0.717, 1.165) is 18.8 Å². The van der Waals surface area contributed by atoms with Gasteiger partial charge in [0.05, 0.1) is 6.61 Å². The number of hydrogen-bond donors (Lipinski definition) is 0. The lowest BCUT2D eigenvalue weighted by Crippen LogP contribution is -2.03. The molecular formula is C21H20O. The van der Waals surface area contributed by atoms with Gasteiger partial charge in [-0.25, -0.2) is 0 Å². The van der Waals surface area contributed by atoms with Crippen LogP contribution < -0.4 is 4.74 Å². The van der Waals surface area contributed by atoms with Crippen molar-refractivity contribution in [3.8, 4) is 5.75 Å². The topological polar surface area (TPSA) is 9.23 Å². The Morgan fingerprint density at radius 1 is 0.818 bits per heavy atom. The Kier molecular flexibility index (Phi) is 2.97. The van der Waals surface area contributed by atoms with Crippen molar-refractivity contribution in [1.82, 2.24) is 0 Å². The Hall–Kier alpha value is -2.28. The molecule has 0 bridgehead atoms. The largest absolute Gasteiger partial charge is 0.493 e. The average molecular weight is 288 g/mol. The first-order chi connectivity index (χ1) is 10.7. The van der Waals surface area contributed by atoms with Crippen LogP contribution in [0, 0.1) is 34.7 Å². The lowest BCUT2D eigenvalue weighted by Gasteiger charge is -2.16. The second-order valence-electron chi connectivity index (χ2n) is 6.14. The molecule has 1 nitrogen and oxygen atoms in total. The highest BCUT2D eigenvalue weighted by molar-refractivity contribution is 5.87. The minimum absolute atomic E-state index is 0.774. The van der Waals surface area contributed by atoms with Gasteiger partial charge < -0.3 is 4.74 Å². The molecule has 0 saturated heterocycles. The molecule has 0 radical (unpaired) electrons. The molecule has 1 aliphatic rings. The van der Waals surface area contributed by atoms with Gasteiger partial charge in [0.1, 0.15) is 5.75 Å². The smallest absolute Gasteiger partial charge is 0.130 e. The summed E-state index contributed by atoms with van der Waals surface area (Å²) in [5.41, 5.74) is 2.57. The van der Waals surface area contributed by atoms with Crippen molar-refractivity contribution < 1.29 is 4.74 Å². The fraction of sp³-hybridized carbons (Fsp3) is 0.238. The van der Waals surface area contributed by atoms with Gasteiger partial charge in [0.15, 0.2) is 0 Å².